The van der Waals surface area contributed by atoms with E-state index in [4.69, 9.17) is 0 Å². The SMILES string of the molecule is Cc1ccc([18F])cc1Br. The molecule has 0 aliphatic heterocycles. The number of hydrogen-bond acceptors (Lipinski definition) is 0. The molecule has 0 saturated heterocycles. The van der Waals surface area contributed by atoms with Crippen molar-refractivity contribution in [2.75, 3.05) is 0 Å². The maximum absolute atomic E-state index is 12.3. The summed E-state index contributed by atoms with van der Waals surface area (Å²) in [6.07, 6.45) is 0. The maximum atomic E-state index is 12.3. The van der Waals surface area contributed by atoms with Crippen molar-refractivity contribution in [2.24, 2.45) is 0 Å². The largest absolute Gasteiger partial charge is 0.207 e. The molecule has 1 aromatic carbocycles. The number of halogens is 2. The molecule has 0 unspecified atom stereocenters. The first-order valence-corrected chi connectivity index (χ1v) is 3.41. The van der Waals surface area contributed by atoms with E-state index in [0.717, 1.165) is 10.0 Å². The molecule has 9 heavy (non-hydrogen) atoms. The topological polar surface area (TPSA) is 0 Å². The van der Waals surface area contributed by atoms with E-state index in [2.05, 4.69) is 15.9 Å². The van der Waals surface area contributed by atoms with Gasteiger partial charge in [0.05, 0.1) is 0 Å². The third kappa shape index (κ3) is 1.52. The van der Waals surface area contributed by atoms with E-state index in [-0.39, 0.29) is 5.82 Å². The summed E-state index contributed by atoms with van der Waals surface area (Å²) >= 11 is 3.21. The van der Waals surface area contributed by atoms with E-state index in [0.29, 0.717) is 0 Å². The van der Waals surface area contributed by atoms with Crippen molar-refractivity contribution < 1.29 is 4.39 Å². The van der Waals surface area contributed by atoms with Gasteiger partial charge in [0.15, 0.2) is 0 Å². The molecule has 0 aliphatic carbocycles. The Morgan fingerprint density at radius 1 is 1.44 bits per heavy atom. The van der Waals surface area contributed by atoms with Crippen molar-refractivity contribution in [3.8, 4) is 0 Å². The molecule has 0 radical (unpaired) electrons. The van der Waals surface area contributed by atoms with Crippen LogP contribution in [0.2, 0.25) is 0 Å². The molecule has 0 bridgehead atoms. The highest BCUT2D eigenvalue weighted by atomic mass is 79.9. The first kappa shape index (κ1) is 6.75. The lowest BCUT2D eigenvalue weighted by molar-refractivity contribution is 0.626. The zero-order chi connectivity index (χ0) is 6.85. The minimum absolute atomic E-state index is 0.201. The van der Waals surface area contributed by atoms with Gasteiger partial charge in [0.1, 0.15) is 5.82 Å². The summed E-state index contributed by atoms with van der Waals surface area (Å²) in [5.41, 5.74) is 1.05. The molecular formula is C7H6BrF. The molecule has 0 atom stereocenters. The molecule has 0 amide bonds. The van der Waals surface area contributed by atoms with Crippen LogP contribution in [0.1, 0.15) is 5.56 Å². The first-order chi connectivity index (χ1) is 4.20. The van der Waals surface area contributed by atoms with Crippen LogP contribution in [0.25, 0.3) is 0 Å². The first-order valence-electron chi connectivity index (χ1n) is 2.62. The van der Waals surface area contributed by atoms with Crippen LogP contribution in [-0.2, 0) is 0 Å². The van der Waals surface area contributed by atoms with Crippen LogP contribution in [0.4, 0.5) is 4.39 Å². The van der Waals surface area contributed by atoms with Gasteiger partial charge in [-0.1, -0.05) is 22.0 Å². The molecule has 2 heteroatoms. The highest BCUT2D eigenvalue weighted by Crippen LogP contribution is 2.15. The average Bonchev–Trinajstić information content (AvgIpc) is 1.80. The fourth-order valence-corrected chi connectivity index (χ4v) is 0.918. The molecule has 0 aliphatic rings. The fourth-order valence-electron chi connectivity index (χ4n) is 0.567. The molecule has 0 fully saturated rings. The van der Waals surface area contributed by atoms with E-state index in [1.165, 1.54) is 12.1 Å². The van der Waals surface area contributed by atoms with Crippen LogP contribution < -0.4 is 0 Å². The van der Waals surface area contributed by atoms with Crippen molar-refractivity contribution in [3.05, 3.63) is 34.1 Å². The van der Waals surface area contributed by atoms with Gasteiger partial charge in [0.25, 0.3) is 0 Å². The minimum Gasteiger partial charge on any atom is -0.207 e. The third-order valence-electron chi connectivity index (χ3n) is 1.13. The predicted octanol–water partition coefficient (Wildman–Crippen LogP) is 2.90. The van der Waals surface area contributed by atoms with Gasteiger partial charge >= 0.3 is 0 Å². The summed E-state index contributed by atoms with van der Waals surface area (Å²) in [7, 11) is 0. The summed E-state index contributed by atoms with van der Waals surface area (Å²) in [5, 5.41) is 0. The molecular weight excluding hydrogens is 182 g/mol. The van der Waals surface area contributed by atoms with E-state index in [9.17, 15) is 4.39 Å². The minimum atomic E-state index is -0.201. The van der Waals surface area contributed by atoms with Crippen molar-refractivity contribution >= 4 is 15.9 Å². The molecule has 0 heterocycles. The highest BCUT2D eigenvalue weighted by Gasteiger charge is 1.93. The van der Waals surface area contributed by atoms with Gasteiger partial charge < -0.3 is 0 Å². The predicted molar refractivity (Wildman–Crippen MR) is 38.8 cm³/mol. The van der Waals surface area contributed by atoms with E-state index >= 15 is 0 Å². The fraction of sp³-hybridized carbons (Fsp3) is 0.143. The Morgan fingerprint density at radius 2 is 2.11 bits per heavy atom. The zero-order valence-electron chi connectivity index (χ0n) is 4.99. The second-order valence-corrected chi connectivity index (χ2v) is 2.75. The second kappa shape index (κ2) is 2.48. The van der Waals surface area contributed by atoms with Crippen molar-refractivity contribution in [2.45, 2.75) is 6.92 Å². The van der Waals surface area contributed by atoms with Gasteiger partial charge in [-0.2, -0.15) is 0 Å². The van der Waals surface area contributed by atoms with Crippen LogP contribution in [0.5, 0.6) is 0 Å². The highest BCUT2D eigenvalue weighted by molar-refractivity contribution is 9.10. The number of aryl methyl sites for hydroxylation is 1. The van der Waals surface area contributed by atoms with Gasteiger partial charge in [-0.15, -0.1) is 0 Å². The van der Waals surface area contributed by atoms with Crippen LogP contribution in [-0.4, -0.2) is 0 Å². The lowest BCUT2D eigenvalue weighted by Gasteiger charge is -1.94. The standard InChI is InChI=1S/C7H6BrF/c1-5-2-3-6(9)4-7(5)8/h2-4H,1H3/i9-1. The summed E-state index contributed by atoms with van der Waals surface area (Å²) in [4.78, 5) is 0. The van der Waals surface area contributed by atoms with Crippen LogP contribution in [0.15, 0.2) is 22.7 Å². The van der Waals surface area contributed by atoms with Gasteiger partial charge in [-0.3, -0.25) is 0 Å². The Morgan fingerprint density at radius 3 is 2.56 bits per heavy atom. The van der Waals surface area contributed by atoms with Crippen LogP contribution in [0, 0.1) is 12.7 Å². The lowest BCUT2D eigenvalue weighted by atomic mass is 10.2. The summed E-state index contributed by atoms with van der Waals surface area (Å²) < 4.78 is 13.1. The summed E-state index contributed by atoms with van der Waals surface area (Å²) in [6, 6.07) is 4.63. The van der Waals surface area contributed by atoms with Crippen molar-refractivity contribution in [1.82, 2.24) is 0 Å². The molecule has 0 spiro atoms. The third-order valence-corrected chi connectivity index (χ3v) is 1.99. The molecule has 1 rings (SSSR count). The van der Waals surface area contributed by atoms with E-state index in [1.807, 2.05) is 6.92 Å². The normalized spacial score (nSPS) is 9.67. The van der Waals surface area contributed by atoms with Crippen molar-refractivity contribution in [1.29, 1.82) is 0 Å². The Bertz CT molecular complexity index is 220. The van der Waals surface area contributed by atoms with Crippen LogP contribution in [0.3, 0.4) is 0 Å². The number of rotatable bonds is 0. The second-order valence-electron chi connectivity index (χ2n) is 1.89. The Labute approximate surface area is 61.8 Å². The molecule has 0 aromatic heterocycles. The van der Waals surface area contributed by atoms with Gasteiger partial charge in [-0.05, 0) is 24.6 Å². The Hall–Kier alpha value is -0.370. The monoisotopic (exact) mass is 187 g/mol. The van der Waals surface area contributed by atoms with E-state index in [1.54, 1.807) is 6.07 Å². The average molecular weight is 188 g/mol. The molecule has 0 N–H and O–H groups in total. The van der Waals surface area contributed by atoms with Gasteiger partial charge in [0, 0.05) is 4.47 Å². The smallest absolute Gasteiger partial charge is 0.124 e. The Kier molecular flexibility index (Phi) is 1.86. The van der Waals surface area contributed by atoms with E-state index < -0.39 is 0 Å². The maximum Gasteiger partial charge on any atom is 0.124 e. The summed E-state index contributed by atoms with van der Waals surface area (Å²) in [6.45, 7) is 1.92. The molecule has 0 nitrogen and oxygen atoms in total. The quantitative estimate of drug-likeness (QED) is 0.587. The molecule has 1 aromatic rings. The van der Waals surface area contributed by atoms with Gasteiger partial charge in [0.2, 0.25) is 0 Å². The molecule has 48 valence electrons. The number of benzene rings is 1. The lowest BCUT2D eigenvalue weighted by Crippen LogP contribution is -1.76. The van der Waals surface area contributed by atoms with Crippen LogP contribution >= 0.6 is 15.9 Å². The zero-order valence-corrected chi connectivity index (χ0v) is 6.57. The summed E-state index contributed by atoms with van der Waals surface area (Å²) in [5.74, 6) is -0.201. The Balaban J connectivity index is 3.17. The van der Waals surface area contributed by atoms with Crippen molar-refractivity contribution in [3.63, 3.8) is 0 Å². The molecule has 0 saturated carbocycles. The number of hydrogen-bond donors (Lipinski definition) is 0. The van der Waals surface area contributed by atoms with Gasteiger partial charge in [-0.25, -0.2) is 4.39 Å².